The summed E-state index contributed by atoms with van der Waals surface area (Å²) in [4.78, 5) is 35.9. The third kappa shape index (κ3) is 6.75. The number of ether oxygens (including phenoxy) is 1. The molecule has 2 aromatic rings. The fourth-order valence-electron chi connectivity index (χ4n) is 2.30. The molecule has 2 aromatic carbocycles. The first-order valence-electron chi connectivity index (χ1n) is 9.05. The van der Waals surface area contributed by atoms with Crippen molar-refractivity contribution in [3.8, 4) is 0 Å². The van der Waals surface area contributed by atoms with Crippen molar-refractivity contribution in [2.24, 2.45) is 0 Å². The lowest BCUT2D eigenvalue weighted by molar-refractivity contribution is -0.123. The third-order valence-corrected chi connectivity index (χ3v) is 3.76. The van der Waals surface area contributed by atoms with Crippen LogP contribution in [0.2, 0.25) is 0 Å². The Morgan fingerprint density at radius 1 is 0.929 bits per heavy atom. The van der Waals surface area contributed by atoms with Gasteiger partial charge in [0, 0.05) is 18.3 Å². The first-order valence-corrected chi connectivity index (χ1v) is 9.05. The van der Waals surface area contributed by atoms with Gasteiger partial charge in [-0.25, -0.2) is 9.59 Å². The van der Waals surface area contributed by atoms with Crippen molar-refractivity contribution < 1.29 is 19.1 Å². The number of nitrogens with one attached hydrogen (secondary N) is 3. The van der Waals surface area contributed by atoms with E-state index in [0.717, 1.165) is 5.56 Å². The van der Waals surface area contributed by atoms with Crippen molar-refractivity contribution in [1.29, 1.82) is 0 Å². The molecule has 0 saturated carbocycles. The topological polar surface area (TPSA) is 96.5 Å². The molecule has 2 rings (SSSR count). The molecule has 0 heterocycles. The maximum Gasteiger partial charge on any atom is 0.338 e. The smallest absolute Gasteiger partial charge is 0.338 e. The molecule has 0 aliphatic carbocycles. The van der Waals surface area contributed by atoms with E-state index in [1.807, 2.05) is 19.9 Å². The molecule has 3 N–H and O–H groups in total. The SMILES string of the molecule is CC(C)NC(=O)NCc1ccc(C(=O)O[C@H](C)C(=O)Nc2ccccc2)cc1. The standard InChI is InChI=1S/C21H25N3O4/c1-14(2)23-21(27)22-13-16-9-11-17(12-10-16)20(26)28-15(3)19(25)24-18-7-5-4-6-8-18/h4-12,14-15H,13H2,1-3H3,(H,24,25)(H2,22,23,27)/t15-/m1/s1. The van der Waals surface area contributed by atoms with E-state index in [9.17, 15) is 14.4 Å². The molecule has 0 aliphatic heterocycles. The Bertz CT molecular complexity index is 804. The molecule has 0 bridgehead atoms. The lowest BCUT2D eigenvalue weighted by Gasteiger charge is -2.14. The Morgan fingerprint density at radius 2 is 1.57 bits per heavy atom. The molecule has 0 aromatic heterocycles. The molecule has 28 heavy (non-hydrogen) atoms. The van der Waals surface area contributed by atoms with E-state index in [-0.39, 0.29) is 12.1 Å². The number of hydrogen-bond acceptors (Lipinski definition) is 4. The van der Waals surface area contributed by atoms with Crippen LogP contribution in [0.4, 0.5) is 10.5 Å². The van der Waals surface area contributed by atoms with Crippen molar-refractivity contribution >= 4 is 23.6 Å². The van der Waals surface area contributed by atoms with Crippen LogP contribution in [-0.4, -0.2) is 30.1 Å². The highest BCUT2D eigenvalue weighted by atomic mass is 16.5. The monoisotopic (exact) mass is 383 g/mol. The van der Waals surface area contributed by atoms with Crippen LogP contribution in [0, 0.1) is 0 Å². The lowest BCUT2D eigenvalue weighted by Crippen LogP contribution is -2.39. The van der Waals surface area contributed by atoms with Gasteiger partial charge in [-0.05, 0) is 50.6 Å². The molecule has 0 unspecified atom stereocenters. The number of urea groups is 1. The van der Waals surface area contributed by atoms with Crippen LogP contribution in [0.5, 0.6) is 0 Å². The van der Waals surface area contributed by atoms with Gasteiger partial charge < -0.3 is 20.7 Å². The van der Waals surface area contributed by atoms with Gasteiger partial charge in [-0.1, -0.05) is 30.3 Å². The zero-order chi connectivity index (χ0) is 20.5. The Morgan fingerprint density at radius 3 is 2.18 bits per heavy atom. The number of rotatable bonds is 7. The van der Waals surface area contributed by atoms with Crippen molar-refractivity contribution in [2.75, 3.05) is 5.32 Å². The summed E-state index contributed by atoms with van der Waals surface area (Å²) in [5, 5.41) is 8.15. The number of benzene rings is 2. The molecule has 0 aliphatic rings. The Labute approximate surface area is 164 Å². The van der Waals surface area contributed by atoms with E-state index in [0.29, 0.717) is 17.8 Å². The summed E-state index contributed by atoms with van der Waals surface area (Å²) in [6, 6.07) is 15.4. The molecule has 3 amide bonds. The molecule has 0 fully saturated rings. The maximum absolute atomic E-state index is 12.2. The second kappa shape index (κ2) is 10.1. The zero-order valence-corrected chi connectivity index (χ0v) is 16.2. The summed E-state index contributed by atoms with van der Waals surface area (Å²) in [5.41, 5.74) is 1.80. The number of amides is 3. The normalized spacial score (nSPS) is 11.4. The van der Waals surface area contributed by atoms with E-state index in [1.54, 1.807) is 48.5 Å². The quantitative estimate of drug-likeness (QED) is 0.640. The average Bonchev–Trinajstić information content (AvgIpc) is 2.67. The minimum atomic E-state index is -0.936. The third-order valence-electron chi connectivity index (χ3n) is 3.76. The van der Waals surface area contributed by atoms with E-state index in [2.05, 4.69) is 16.0 Å². The molecule has 7 heteroatoms. The fraction of sp³-hybridized carbons (Fsp3) is 0.286. The summed E-state index contributed by atoms with van der Waals surface area (Å²) in [7, 11) is 0. The molecule has 148 valence electrons. The van der Waals surface area contributed by atoms with Gasteiger partial charge in [-0.3, -0.25) is 4.79 Å². The van der Waals surface area contributed by atoms with Crippen LogP contribution >= 0.6 is 0 Å². The second-order valence-electron chi connectivity index (χ2n) is 6.58. The van der Waals surface area contributed by atoms with E-state index in [4.69, 9.17) is 4.74 Å². The number of para-hydroxylation sites is 1. The van der Waals surface area contributed by atoms with Gasteiger partial charge in [0.1, 0.15) is 0 Å². The number of anilines is 1. The van der Waals surface area contributed by atoms with E-state index >= 15 is 0 Å². The largest absolute Gasteiger partial charge is 0.449 e. The number of carbonyl (C=O) groups excluding carboxylic acids is 3. The lowest BCUT2D eigenvalue weighted by atomic mass is 10.1. The maximum atomic E-state index is 12.2. The Kier molecular flexibility index (Phi) is 7.56. The van der Waals surface area contributed by atoms with Crippen LogP contribution < -0.4 is 16.0 Å². The van der Waals surface area contributed by atoms with Crippen molar-refractivity contribution in [2.45, 2.75) is 39.5 Å². The molecule has 7 nitrogen and oxygen atoms in total. The molecular weight excluding hydrogens is 358 g/mol. The minimum Gasteiger partial charge on any atom is -0.449 e. The van der Waals surface area contributed by atoms with Gasteiger partial charge in [-0.2, -0.15) is 0 Å². The van der Waals surface area contributed by atoms with E-state index < -0.39 is 18.0 Å². The van der Waals surface area contributed by atoms with Crippen molar-refractivity contribution in [3.05, 3.63) is 65.7 Å². The van der Waals surface area contributed by atoms with Crippen LogP contribution in [0.1, 0.15) is 36.7 Å². The average molecular weight is 383 g/mol. The van der Waals surface area contributed by atoms with Crippen molar-refractivity contribution in [1.82, 2.24) is 10.6 Å². The van der Waals surface area contributed by atoms with Gasteiger partial charge in [0.2, 0.25) is 0 Å². The second-order valence-corrected chi connectivity index (χ2v) is 6.58. The zero-order valence-electron chi connectivity index (χ0n) is 16.2. The molecular formula is C21H25N3O4. The molecule has 0 saturated heterocycles. The summed E-state index contributed by atoms with van der Waals surface area (Å²) < 4.78 is 5.22. The van der Waals surface area contributed by atoms with Gasteiger partial charge in [0.15, 0.2) is 6.10 Å². The highest BCUT2D eigenvalue weighted by Crippen LogP contribution is 2.10. The number of esters is 1. The predicted octanol–water partition coefficient (Wildman–Crippen LogP) is 3.08. The fourth-order valence-corrected chi connectivity index (χ4v) is 2.30. The van der Waals surface area contributed by atoms with Gasteiger partial charge in [0.25, 0.3) is 5.91 Å². The molecule has 0 spiro atoms. The number of hydrogen-bond donors (Lipinski definition) is 3. The number of carbonyl (C=O) groups is 3. The highest BCUT2D eigenvalue weighted by Gasteiger charge is 2.19. The molecule has 1 atom stereocenters. The van der Waals surface area contributed by atoms with Crippen LogP contribution in [0.3, 0.4) is 0 Å². The van der Waals surface area contributed by atoms with Gasteiger partial charge in [0.05, 0.1) is 5.56 Å². The predicted molar refractivity (Wildman–Crippen MR) is 107 cm³/mol. The summed E-state index contributed by atoms with van der Waals surface area (Å²) in [6.45, 7) is 5.60. The summed E-state index contributed by atoms with van der Waals surface area (Å²) in [6.07, 6.45) is -0.936. The van der Waals surface area contributed by atoms with Crippen LogP contribution in [0.15, 0.2) is 54.6 Å². The van der Waals surface area contributed by atoms with E-state index in [1.165, 1.54) is 6.92 Å². The highest BCUT2D eigenvalue weighted by molar-refractivity contribution is 5.97. The first-order chi connectivity index (χ1) is 13.3. The van der Waals surface area contributed by atoms with Crippen molar-refractivity contribution in [3.63, 3.8) is 0 Å². The Balaban J connectivity index is 1.84. The summed E-state index contributed by atoms with van der Waals surface area (Å²) >= 11 is 0. The first kappa shape index (κ1) is 21.0. The van der Waals surface area contributed by atoms with Gasteiger partial charge in [-0.15, -0.1) is 0 Å². The minimum absolute atomic E-state index is 0.0539. The van der Waals surface area contributed by atoms with Crippen LogP contribution in [0.25, 0.3) is 0 Å². The molecule has 0 radical (unpaired) electrons. The van der Waals surface area contributed by atoms with Gasteiger partial charge >= 0.3 is 12.0 Å². The Hall–Kier alpha value is -3.35. The van der Waals surface area contributed by atoms with Crippen LogP contribution in [-0.2, 0) is 16.1 Å². The summed E-state index contributed by atoms with van der Waals surface area (Å²) in [5.74, 6) is -0.996.